The van der Waals surface area contributed by atoms with Crippen LogP contribution < -0.4 is 10.1 Å². The summed E-state index contributed by atoms with van der Waals surface area (Å²) in [4.78, 5) is 15.0. The van der Waals surface area contributed by atoms with E-state index < -0.39 is 0 Å². The van der Waals surface area contributed by atoms with Gasteiger partial charge in [0.2, 0.25) is 6.39 Å². The van der Waals surface area contributed by atoms with Gasteiger partial charge in [-0.25, -0.2) is 0 Å². The lowest BCUT2D eigenvalue weighted by Crippen LogP contribution is -2.60. The van der Waals surface area contributed by atoms with E-state index in [-0.39, 0.29) is 18.0 Å². The molecule has 0 saturated carbocycles. The standard InChI is InChI=1S/C17H20N4O3/c1-11-8-13-6-7-21(11)9-15(13)19-16(22)12-2-4-14(5-3-12)24-17-20-18-10-23-17/h2-5,10-11,13,15H,6-9H2,1H3,(H,19,22). The fourth-order valence-electron chi connectivity index (χ4n) is 3.69. The number of aromatic nitrogens is 2. The Morgan fingerprint density at radius 1 is 1.38 bits per heavy atom. The Morgan fingerprint density at radius 2 is 2.21 bits per heavy atom. The molecular formula is C17H20N4O3. The highest BCUT2D eigenvalue weighted by atomic mass is 16.6. The van der Waals surface area contributed by atoms with Gasteiger partial charge in [-0.05, 0) is 56.5 Å². The molecule has 4 atom stereocenters. The second-order valence-electron chi connectivity index (χ2n) is 6.54. The van der Waals surface area contributed by atoms with Crippen molar-refractivity contribution < 1.29 is 13.9 Å². The number of piperidine rings is 3. The number of amides is 1. The molecule has 24 heavy (non-hydrogen) atoms. The van der Waals surface area contributed by atoms with E-state index in [1.807, 2.05) is 0 Å². The van der Waals surface area contributed by atoms with Crippen molar-refractivity contribution in [2.75, 3.05) is 13.1 Å². The van der Waals surface area contributed by atoms with Crippen LogP contribution >= 0.6 is 0 Å². The maximum absolute atomic E-state index is 12.5. The molecule has 0 spiro atoms. The smallest absolute Gasteiger partial charge is 0.410 e. The van der Waals surface area contributed by atoms with Crippen molar-refractivity contribution in [1.29, 1.82) is 0 Å². The second-order valence-corrected chi connectivity index (χ2v) is 6.54. The Bertz CT molecular complexity index is 701. The van der Waals surface area contributed by atoms with E-state index in [1.165, 1.54) is 19.2 Å². The average Bonchev–Trinajstić information content (AvgIpc) is 3.09. The summed E-state index contributed by atoms with van der Waals surface area (Å²) in [6, 6.07) is 7.81. The van der Waals surface area contributed by atoms with Crippen molar-refractivity contribution in [3.05, 3.63) is 36.2 Å². The van der Waals surface area contributed by atoms with Crippen LogP contribution in [0.2, 0.25) is 0 Å². The zero-order valence-electron chi connectivity index (χ0n) is 13.5. The normalized spacial score (nSPS) is 28.5. The summed E-state index contributed by atoms with van der Waals surface area (Å²) in [6.45, 7) is 4.38. The molecule has 2 bridgehead atoms. The molecule has 1 aromatic heterocycles. The van der Waals surface area contributed by atoms with Gasteiger partial charge in [0.1, 0.15) is 5.75 Å². The molecule has 3 saturated heterocycles. The monoisotopic (exact) mass is 328 g/mol. The SMILES string of the molecule is CC1CC2CCN1CC2NC(=O)c1ccc(Oc2nnco2)cc1. The van der Waals surface area contributed by atoms with Crippen LogP contribution in [0.5, 0.6) is 11.8 Å². The van der Waals surface area contributed by atoms with E-state index >= 15 is 0 Å². The van der Waals surface area contributed by atoms with Gasteiger partial charge in [0, 0.05) is 24.2 Å². The minimum atomic E-state index is -0.0363. The van der Waals surface area contributed by atoms with E-state index in [9.17, 15) is 4.79 Å². The lowest BCUT2D eigenvalue weighted by atomic mass is 9.80. The van der Waals surface area contributed by atoms with Crippen molar-refractivity contribution >= 4 is 5.91 Å². The largest absolute Gasteiger partial charge is 0.420 e. The van der Waals surface area contributed by atoms with E-state index in [4.69, 9.17) is 9.15 Å². The van der Waals surface area contributed by atoms with Crippen molar-refractivity contribution in [3.63, 3.8) is 0 Å². The predicted molar refractivity (Wildman–Crippen MR) is 85.8 cm³/mol. The first-order valence-corrected chi connectivity index (χ1v) is 8.28. The van der Waals surface area contributed by atoms with Gasteiger partial charge in [0.15, 0.2) is 0 Å². The molecule has 3 aliphatic heterocycles. The van der Waals surface area contributed by atoms with Crippen molar-refractivity contribution in [2.45, 2.75) is 31.8 Å². The zero-order valence-corrected chi connectivity index (χ0v) is 13.5. The Morgan fingerprint density at radius 3 is 2.83 bits per heavy atom. The first-order chi connectivity index (χ1) is 11.7. The third-order valence-corrected chi connectivity index (χ3v) is 5.03. The van der Waals surface area contributed by atoms with E-state index in [2.05, 4.69) is 27.3 Å². The third kappa shape index (κ3) is 2.99. The number of rotatable bonds is 4. The molecule has 4 unspecified atom stereocenters. The van der Waals surface area contributed by atoms with Crippen LogP contribution in [-0.4, -0.2) is 46.2 Å². The quantitative estimate of drug-likeness (QED) is 0.925. The number of carbonyl (C=O) groups excluding carboxylic acids is 1. The summed E-state index contributed by atoms with van der Waals surface area (Å²) in [5.41, 5.74) is 0.623. The lowest BCUT2D eigenvalue weighted by Gasteiger charge is -2.48. The minimum Gasteiger partial charge on any atom is -0.410 e. The summed E-state index contributed by atoms with van der Waals surface area (Å²) in [5.74, 6) is 1.10. The number of ether oxygens (including phenoxy) is 1. The fourth-order valence-corrected chi connectivity index (χ4v) is 3.69. The molecule has 1 N–H and O–H groups in total. The van der Waals surface area contributed by atoms with Crippen LogP contribution in [-0.2, 0) is 0 Å². The van der Waals surface area contributed by atoms with Crippen LogP contribution in [0.1, 0.15) is 30.1 Å². The molecule has 7 heteroatoms. The predicted octanol–water partition coefficient (Wildman–Crippen LogP) is 2.07. The maximum atomic E-state index is 12.5. The minimum absolute atomic E-state index is 0.0363. The van der Waals surface area contributed by atoms with E-state index in [0.717, 1.165) is 13.1 Å². The highest BCUT2D eigenvalue weighted by Gasteiger charge is 2.38. The van der Waals surface area contributed by atoms with Crippen LogP contribution in [0.25, 0.3) is 0 Å². The fraction of sp³-hybridized carbons (Fsp3) is 0.471. The van der Waals surface area contributed by atoms with E-state index in [1.54, 1.807) is 24.3 Å². The van der Waals surface area contributed by atoms with Gasteiger partial charge in [-0.3, -0.25) is 9.69 Å². The number of nitrogens with zero attached hydrogens (tertiary/aromatic N) is 3. The number of hydrogen-bond acceptors (Lipinski definition) is 6. The number of hydrogen-bond donors (Lipinski definition) is 1. The van der Waals surface area contributed by atoms with Crippen molar-refractivity contribution in [1.82, 2.24) is 20.4 Å². The Labute approximate surface area is 140 Å². The van der Waals surface area contributed by atoms with Gasteiger partial charge in [0.25, 0.3) is 5.91 Å². The van der Waals surface area contributed by atoms with Gasteiger partial charge in [0.05, 0.1) is 0 Å². The second kappa shape index (κ2) is 6.24. The molecule has 0 aliphatic carbocycles. The van der Waals surface area contributed by atoms with Crippen molar-refractivity contribution in [3.8, 4) is 11.8 Å². The Kier molecular flexibility index (Phi) is 3.93. The Hall–Kier alpha value is -2.41. The summed E-state index contributed by atoms with van der Waals surface area (Å²) in [5, 5.41) is 10.4. The van der Waals surface area contributed by atoms with Crippen molar-refractivity contribution in [2.24, 2.45) is 5.92 Å². The highest BCUT2D eigenvalue weighted by molar-refractivity contribution is 5.94. The lowest BCUT2D eigenvalue weighted by molar-refractivity contribution is 0.0274. The molecule has 7 nitrogen and oxygen atoms in total. The van der Waals surface area contributed by atoms with Gasteiger partial charge in [-0.2, -0.15) is 0 Å². The summed E-state index contributed by atoms with van der Waals surface area (Å²) >= 11 is 0. The number of benzene rings is 1. The first-order valence-electron chi connectivity index (χ1n) is 8.28. The maximum Gasteiger partial charge on any atom is 0.420 e. The third-order valence-electron chi connectivity index (χ3n) is 5.03. The molecule has 126 valence electrons. The number of fused-ring (bicyclic) bond motifs is 3. The van der Waals surface area contributed by atoms with Crippen LogP contribution in [0.15, 0.2) is 35.1 Å². The number of nitrogens with one attached hydrogen (secondary N) is 1. The van der Waals surface area contributed by atoms with Gasteiger partial charge >= 0.3 is 6.08 Å². The molecule has 1 amide bonds. The molecule has 3 aliphatic rings. The summed E-state index contributed by atoms with van der Waals surface area (Å²) in [6.07, 6.45) is 3.62. The molecule has 1 aromatic carbocycles. The van der Waals surface area contributed by atoms with Crippen LogP contribution in [0, 0.1) is 5.92 Å². The molecule has 2 aromatic rings. The molecule has 5 rings (SSSR count). The van der Waals surface area contributed by atoms with Gasteiger partial charge in [-0.15, -0.1) is 5.10 Å². The first kappa shape index (κ1) is 15.1. The zero-order chi connectivity index (χ0) is 16.5. The van der Waals surface area contributed by atoms with Gasteiger partial charge in [-0.1, -0.05) is 5.10 Å². The summed E-state index contributed by atoms with van der Waals surface area (Å²) < 4.78 is 10.3. The van der Waals surface area contributed by atoms with Gasteiger partial charge < -0.3 is 14.5 Å². The topological polar surface area (TPSA) is 80.5 Å². The van der Waals surface area contributed by atoms with Crippen LogP contribution in [0.4, 0.5) is 0 Å². The molecular weight excluding hydrogens is 308 g/mol. The highest BCUT2D eigenvalue weighted by Crippen LogP contribution is 2.32. The Balaban J connectivity index is 1.38. The van der Waals surface area contributed by atoms with Crippen LogP contribution in [0.3, 0.4) is 0 Å². The average molecular weight is 328 g/mol. The van der Waals surface area contributed by atoms with E-state index in [0.29, 0.717) is 23.3 Å². The molecule has 4 heterocycles. The molecule has 3 fully saturated rings. The molecule has 0 radical (unpaired) electrons. The number of carbonyl (C=O) groups is 1. The summed E-state index contributed by atoms with van der Waals surface area (Å²) in [7, 11) is 0.